The first-order chi connectivity index (χ1) is 13.1. The van der Waals surface area contributed by atoms with E-state index in [0.717, 1.165) is 38.2 Å². The van der Waals surface area contributed by atoms with Gasteiger partial charge in [0.25, 0.3) is 0 Å². The van der Waals surface area contributed by atoms with Crippen molar-refractivity contribution in [2.24, 2.45) is 0 Å². The van der Waals surface area contributed by atoms with Gasteiger partial charge < -0.3 is 15.3 Å². The molecule has 0 atom stereocenters. The van der Waals surface area contributed by atoms with Gasteiger partial charge in [-0.1, -0.05) is 89.2 Å². The van der Waals surface area contributed by atoms with Crippen LogP contribution in [0, 0.1) is 0 Å². The Hall–Kier alpha value is -1.62. The largest absolute Gasteiger partial charge is 0.478 e. The molecule has 0 aromatic heterocycles. The lowest BCUT2D eigenvalue weighted by Gasteiger charge is -2.03. The second-order valence-corrected chi connectivity index (χ2v) is 7.11. The van der Waals surface area contributed by atoms with Gasteiger partial charge >= 0.3 is 11.9 Å². The topological polar surface area (TPSA) is 94.8 Å². The number of unbranched alkanes of at least 4 members (excludes halogenated alkanes) is 14. The second kappa shape index (κ2) is 19.2. The summed E-state index contributed by atoms with van der Waals surface area (Å²) in [6.07, 6.45) is 21.8. The normalized spacial score (nSPS) is 12.0. The highest BCUT2D eigenvalue weighted by Crippen LogP contribution is 2.13. The second-order valence-electron chi connectivity index (χ2n) is 7.11. The summed E-state index contributed by atoms with van der Waals surface area (Å²) in [5.41, 5.74) is -0.187. The lowest BCUT2D eigenvalue weighted by Crippen LogP contribution is -2.01. The quantitative estimate of drug-likeness (QED) is 0.156. The average molecular weight is 383 g/mol. The maximum absolute atomic E-state index is 10.8. The highest BCUT2D eigenvalue weighted by molar-refractivity contribution is 5.96. The molecule has 0 heterocycles. The summed E-state index contributed by atoms with van der Waals surface area (Å²) in [7, 11) is 0. The molecule has 0 saturated heterocycles. The summed E-state index contributed by atoms with van der Waals surface area (Å²) in [5.74, 6) is -2.45. The van der Waals surface area contributed by atoms with Gasteiger partial charge in [0.15, 0.2) is 0 Å². The Balaban J connectivity index is 3.39. The minimum absolute atomic E-state index is 0.187. The number of rotatable bonds is 19. The zero-order valence-electron chi connectivity index (χ0n) is 16.7. The molecule has 0 aliphatic carbocycles. The monoisotopic (exact) mass is 382 g/mol. The molecule has 3 N–H and O–H groups in total. The van der Waals surface area contributed by atoms with Gasteiger partial charge in [0, 0.05) is 12.7 Å². The number of carboxylic acids is 2. The lowest BCUT2D eigenvalue weighted by molar-refractivity contribution is -0.134. The Labute approximate surface area is 164 Å². The van der Waals surface area contributed by atoms with Crippen molar-refractivity contribution in [1.29, 1.82) is 0 Å². The zero-order valence-corrected chi connectivity index (χ0v) is 16.7. The van der Waals surface area contributed by atoms with E-state index in [1.807, 2.05) is 0 Å². The van der Waals surface area contributed by atoms with Gasteiger partial charge in [-0.05, 0) is 19.3 Å². The smallest absolute Gasteiger partial charge is 0.335 e. The van der Waals surface area contributed by atoms with Crippen molar-refractivity contribution < 1.29 is 24.9 Å². The van der Waals surface area contributed by atoms with Crippen molar-refractivity contribution >= 4 is 11.9 Å². The van der Waals surface area contributed by atoms with Crippen LogP contribution in [-0.2, 0) is 9.59 Å². The van der Waals surface area contributed by atoms with Crippen molar-refractivity contribution in [3.8, 4) is 0 Å². The first-order valence-electron chi connectivity index (χ1n) is 10.5. The maximum Gasteiger partial charge on any atom is 0.335 e. The van der Waals surface area contributed by atoms with Gasteiger partial charge in [-0.3, -0.25) is 0 Å². The van der Waals surface area contributed by atoms with Crippen molar-refractivity contribution in [2.45, 2.75) is 96.3 Å². The SMILES string of the molecule is O=C(O)/C=C(/C=CCCCCCCCCCCCCCCCCO)C(=O)O. The molecule has 0 spiro atoms. The van der Waals surface area contributed by atoms with Crippen LogP contribution >= 0.6 is 0 Å². The fourth-order valence-electron chi connectivity index (χ4n) is 3.02. The Bertz CT molecular complexity index is 440. The Kier molecular flexibility index (Phi) is 18.0. The van der Waals surface area contributed by atoms with Crippen molar-refractivity contribution in [3.63, 3.8) is 0 Å². The van der Waals surface area contributed by atoms with Gasteiger partial charge in [-0.2, -0.15) is 0 Å². The number of hydrogen-bond donors (Lipinski definition) is 3. The molecule has 156 valence electrons. The van der Waals surface area contributed by atoms with Crippen molar-refractivity contribution in [3.05, 3.63) is 23.8 Å². The van der Waals surface area contributed by atoms with E-state index >= 15 is 0 Å². The van der Waals surface area contributed by atoms with Crippen LogP contribution in [0.2, 0.25) is 0 Å². The predicted octanol–water partition coefficient (Wildman–Crippen LogP) is 5.48. The molecule has 0 aliphatic heterocycles. The average Bonchev–Trinajstić information content (AvgIpc) is 2.62. The van der Waals surface area contributed by atoms with E-state index in [1.54, 1.807) is 6.08 Å². The van der Waals surface area contributed by atoms with E-state index in [-0.39, 0.29) is 5.57 Å². The van der Waals surface area contributed by atoms with Gasteiger partial charge in [0.1, 0.15) is 0 Å². The van der Waals surface area contributed by atoms with Crippen LogP contribution in [0.5, 0.6) is 0 Å². The third kappa shape index (κ3) is 19.0. The van der Waals surface area contributed by atoms with Crippen LogP contribution in [0.1, 0.15) is 96.3 Å². The minimum Gasteiger partial charge on any atom is -0.478 e. The molecule has 0 rings (SSSR count). The van der Waals surface area contributed by atoms with Gasteiger partial charge in [0.2, 0.25) is 0 Å². The number of allylic oxidation sites excluding steroid dienone is 1. The van der Waals surface area contributed by atoms with Crippen LogP contribution in [0.3, 0.4) is 0 Å². The van der Waals surface area contributed by atoms with E-state index < -0.39 is 11.9 Å². The highest BCUT2D eigenvalue weighted by atomic mass is 16.4. The summed E-state index contributed by atoms with van der Waals surface area (Å²) >= 11 is 0. The molecule has 0 saturated carbocycles. The van der Waals surface area contributed by atoms with Crippen molar-refractivity contribution in [1.82, 2.24) is 0 Å². The van der Waals surface area contributed by atoms with Crippen LogP contribution in [0.15, 0.2) is 23.8 Å². The summed E-state index contributed by atoms with van der Waals surface area (Å²) < 4.78 is 0. The first-order valence-corrected chi connectivity index (χ1v) is 10.5. The Morgan fingerprint density at radius 3 is 1.41 bits per heavy atom. The minimum atomic E-state index is -1.24. The van der Waals surface area contributed by atoms with Crippen molar-refractivity contribution in [2.75, 3.05) is 6.61 Å². The summed E-state index contributed by atoms with van der Waals surface area (Å²) in [6.45, 7) is 0.326. The molecule has 27 heavy (non-hydrogen) atoms. The number of carbonyl (C=O) groups is 2. The molecule has 5 heteroatoms. The molecule has 0 aromatic rings. The van der Waals surface area contributed by atoms with Gasteiger partial charge in [-0.15, -0.1) is 0 Å². The van der Waals surface area contributed by atoms with Crippen LogP contribution < -0.4 is 0 Å². The fraction of sp³-hybridized carbons (Fsp3) is 0.727. The number of aliphatic hydroxyl groups excluding tert-OH is 1. The summed E-state index contributed by atoms with van der Waals surface area (Å²) in [5, 5.41) is 26.2. The van der Waals surface area contributed by atoms with Crippen LogP contribution in [-0.4, -0.2) is 33.9 Å². The molecule has 0 amide bonds. The van der Waals surface area contributed by atoms with Gasteiger partial charge in [0.05, 0.1) is 5.57 Å². The third-order valence-corrected chi connectivity index (χ3v) is 4.60. The molecule has 0 fully saturated rings. The number of carboxylic acid groups (broad SMARTS) is 2. The van der Waals surface area contributed by atoms with E-state index in [0.29, 0.717) is 6.61 Å². The Morgan fingerprint density at radius 2 is 1.04 bits per heavy atom. The third-order valence-electron chi connectivity index (χ3n) is 4.60. The molecule has 0 bridgehead atoms. The maximum atomic E-state index is 10.8. The molecule has 0 aliphatic rings. The zero-order chi connectivity index (χ0) is 20.2. The Morgan fingerprint density at radius 1 is 0.630 bits per heavy atom. The molecule has 0 aromatic carbocycles. The lowest BCUT2D eigenvalue weighted by atomic mass is 10.0. The number of aliphatic hydroxyl groups is 1. The summed E-state index contributed by atoms with van der Waals surface area (Å²) in [4.78, 5) is 21.4. The van der Waals surface area contributed by atoms with E-state index in [2.05, 4.69) is 0 Å². The standard InChI is InChI=1S/C22H38O5/c23-18-16-14-12-10-8-6-4-2-1-3-5-7-9-11-13-15-17-20(22(26)27)19-21(24)25/h15,17,19,23H,1-14,16,18H2,(H,24,25)(H,26,27)/b17-15?,20-19-. The predicted molar refractivity (Wildman–Crippen MR) is 109 cm³/mol. The fourth-order valence-corrected chi connectivity index (χ4v) is 3.02. The highest BCUT2D eigenvalue weighted by Gasteiger charge is 2.04. The summed E-state index contributed by atoms with van der Waals surface area (Å²) in [6, 6.07) is 0. The van der Waals surface area contributed by atoms with Crippen LogP contribution in [0.25, 0.3) is 0 Å². The molecular weight excluding hydrogens is 344 g/mol. The van der Waals surface area contributed by atoms with Crippen LogP contribution in [0.4, 0.5) is 0 Å². The molecule has 0 radical (unpaired) electrons. The number of aliphatic carboxylic acids is 2. The number of hydrogen-bond acceptors (Lipinski definition) is 3. The molecular formula is C22H38O5. The van der Waals surface area contributed by atoms with E-state index in [1.165, 1.54) is 70.3 Å². The molecule has 5 nitrogen and oxygen atoms in total. The first kappa shape index (κ1) is 25.4. The van der Waals surface area contributed by atoms with E-state index in [9.17, 15) is 9.59 Å². The van der Waals surface area contributed by atoms with Gasteiger partial charge in [-0.25, -0.2) is 9.59 Å². The molecule has 0 unspecified atom stereocenters. The van der Waals surface area contributed by atoms with E-state index in [4.69, 9.17) is 15.3 Å².